The van der Waals surface area contributed by atoms with Gasteiger partial charge in [0.15, 0.2) is 5.96 Å². The lowest BCUT2D eigenvalue weighted by Gasteiger charge is -2.18. The maximum atomic E-state index is 12.1. The van der Waals surface area contributed by atoms with Gasteiger partial charge in [-0.05, 0) is 56.9 Å². The minimum absolute atomic E-state index is 0. The van der Waals surface area contributed by atoms with Gasteiger partial charge in [0, 0.05) is 44.0 Å². The van der Waals surface area contributed by atoms with Crippen LogP contribution in [0.4, 0.5) is 5.69 Å². The molecule has 0 bridgehead atoms. The first kappa shape index (κ1) is 26.9. The van der Waals surface area contributed by atoms with Gasteiger partial charge in [-0.1, -0.05) is 26.0 Å². The number of nitrogens with zero attached hydrogens (tertiary/aromatic N) is 3. The lowest BCUT2D eigenvalue weighted by Crippen LogP contribution is -2.42. The van der Waals surface area contributed by atoms with Crippen molar-refractivity contribution in [2.75, 3.05) is 12.4 Å². The Balaban J connectivity index is 0.00000480. The summed E-state index contributed by atoms with van der Waals surface area (Å²) >= 11 is 0. The fourth-order valence-corrected chi connectivity index (χ4v) is 3.29. The molecule has 1 aromatic carbocycles. The monoisotopic (exact) mass is 540 g/mol. The predicted octanol–water partition coefficient (Wildman–Crippen LogP) is 3.94. The average Bonchev–Trinajstić information content (AvgIpc) is 2.96. The van der Waals surface area contributed by atoms with Crippen molar-refractivity contribution < 1.29 is 4.79 Å². The summed E-state index contributed by atoms with van der Waals surface area (Å²) in [5.74, 6) is 0.800. The van der Waals surface area contributed by atoms with Crippen molar-refractivity contribution in [1.29, 1.82) is 0 Å². The average molecular weight is 540 g/mol. The molecule has 2 aromatic rings. The van der Waals surface area contributed by atoms with Gasteiger partial charge in [-0.2, -0.15) is 5.10 Å². The first-order chi connectivity index (χ1) is 14.2. The van der Waals surface area contributed by atoms with Crippen LogP contribution in [0.5, 0.6) is 0 Å². The number of benzene rings is 1. The van der Waals surface area contributed by atoms with Crippen LogP contribution in [-0.2, 0) is 24.8 Å². The molecule has 0 radical (unpaired) electrons. The van der Waals surface area contributed by atoms with E-state index in [2.05, 4.69) is 46.8 Å². The van der Waals surface area contributed by atoms with Crippen molar-refractivity contribution in [3.8, 4) is 0 Å². The van der Waals surface area contributed by atoms with E-state index in [1.54, 1.807) is 7.05 Å². The molecule has 8 heteroatoms. The maximum absolute atomic E-state index is 12.1. The zero-order valence-electron chi connectivity index (χ0n) is 19.7. The molecule has 31 heavy (non-hydrogen) atoms. The van der Waals surface area contributed by atoms with Gasteiger partial charge in [0.1, 0.15) is 0 Å². The number of hydrogen-bond donors (Lipinski definition) is 3. The number of guanidine groups is 1. The largest absolute Gasteiger partial charge is 0.354 e. The lowest BCUT2D eigenvalue weighted by molar-refractivity contribution is -0.119. The van der Waals surface area contributed by atoms with E-state index < -0.39 is 0 Å². The van der Waals surface area contributed by atoms with Crippen molar-refractivity contribution in [2.24, 2.45) is 18.0 Å². The molecule has 2 rings (SSSR count). The maximum Gasteiger partial charge on any atom is 0.227 e. The number of aliphatic imine (C=N–C) groups is 1. The highest BCUT2D eigenvalue weighted by atomic mass is 127. The SMILES string of the molecule is CCC(C)C(=O)Nc1cccc(CNC(=NC)NC(C)Cc2c(C)nn(C)c2C)c1.I. The van der Waals surface area contributed by atoms with Crippen molar-refractivity contribution in [3.05, 3.63) is 46.8 Å². The normalized spacial score (nSPS) is 13.2. The Morgan fingerprint density at radius 3 is 2.55 bits per heavy atom. The topological polar surface area (TPSA) is 83.3 Å². The number of carbonyl (C=O) groups excluding carboxylic acids is 1. The predicted molar refractivity (Wildman–Crippen MR) is 139 cm³/mol. The molecule has 3 N–H and O–H groups in total. The standard InChI is InChI=1S/C23H36N6O.HI/c1-8-15(2)22(30)27-20-11-9-10-19(13-20)14-25-23(24-6)26-16(3)12-21-17(4)28-29(7)18(21)5;/h9-11,13,15-16H,8,12,14H2,1-7H3,(H,27,30)(H2,24,25,26);1H. The molecule has 0 saturated carbocycles. The zero-order valence-corrected chi connectivity index (χ0v) is 22.1. The first-order valence-corrected chi connectivity index (χ1v) is 10.6. The van der Waals surface area contributed by atoms with Crippen LogP contribution < -0.4 is 16.0 Å². The van der Waals surface area contributed by atoms with E-state index in [1.807, 2.05) is 49.8 Å². The zero-order chi connectivity index (χ0) is 22.3. The number of nitrogens with one attached hydrogen (secondary N) is 3. The van der Waals surface area contributed by atoms with Gasteiger partial charge in [0.25, 0.3) is 0 Å². The van der Waals surface area contributed by atoms with Crippen LogP contribution >= 0.6 is 24.0 Å². The molecule has 1 heterocycles. The molecular formula is C23H37IN6O. The summed E-state index contributed by atoms with van der Waals surface area (Å²) in [5, 5.41) is 14.3. The Kier molecular flexibility index (Phi) is 11.0. The second-order valence-electron chi connectivity index (χ2n) is 7.95. The van der Waals surface area contributed by atoms with Gasteiger partial charge < -0.3 is 16.0 Å². The molecule has 0 fully saturated rings. The van der Waals surface area contributed by atoms with E-state index in [4.69, 9.17) is 0 Å². The van der Waals surface area contributed by atoms with Crippen molar-refractivity contribution >= 4 is 41.5 Å². The van der Waals surface area contributed by atoms with Crippen molar-refractivity contribution in [2.45, 2.75) is 60.0 Å². The molecular weight excluding hydrogens is 503 g/mol. The molecule has 172 valence electrons. The molecule has 0 aliphatic rings. The second kappa shape index (κ2) is 12.7. The van der Waals surface area contributed by atoms with Crippen LogP contribution in [-0.4, -0.2) is 34.7 Å². The van der Waals surface area contributed by atoms with Crippen LogP contribution in [0, 0.1) is 19.8 Å². The minimum atomic E-state index is 0. The summed E-state index contributed by atoms with van der Waals surface area (Å²) < 4.78 is 1.93. The van der Waals surface area contributed by atoms with Crippen molar-refractivity contribution in [1.82, 2.24) is 20.4 Å². The van der Waals surface area contributed by atoms with Gasteiger partial charge >= 0.3 is 0 Å². The van der Waals surface area contributed by atoms with E-state index in [-0.39, 0.29) is 41.8 Å². The Bertz CT molecular complexity index is 892. The van der Waals surface area contributed by atoms with Crippen LogP contribution in [0.25, 0.3) is 0 Å². The number of aromatic nitrogens is 2. The Morgan fingerprint density at radius 2 is 1.97 bits per heavy atom. The van der Waals surface area contributed by atoms with E-state index in [0.717, 1.165) is 35.7 Å². The third-order valence-electron chi connectivity index (χ3n) is 5.49. The first-order valence-electron chi connectivity index (χ1n) is 10.6. The van der Waals surface area contributed by atoms with Crippen LogP contribution in [0.3, 0.4) is 0 Å². The number of aryl methyl sites for hydroxylation is 2. The van der Waals surface area contributed by atoms with Gasteiger partial charge in [0.05, 0.1) is 5.69 Å². The lowest BCUT2D eigenvalue weighted by atomic mass is 10.1. The van der Waals surface area contributed by atoms with Gasteiger partial charge in [-0.3, -0.25) is 14.5 Å². The van der Waals surface area contributed by atoms with Crippen molar-refractivity contribution in [3.63, 3.8) is 0 Å². The van der Waals surface area contributed by atoms with E-state index in [0.29, 0.717) is 6.54 Å². The fourth-order valence-electron chi connectivity index (χ4n) is 3.29. The highest BCUT2D eigenvalue weighted by molar-refractivity contribution is 14.0. The fraction of sp³-hybridized carbons (Fsp3) is 0.522. The molecule has 1 amide bonds. The minimum Gasteiger partial charge on any atom is -0.354 e. The van der Waals surface area contributed by atoms with E-state index in [9.17, 15) is 4.79 Å². The second-order valence-corrected chi connectivity index (χ2v) is 7.95. The number of carbonyl (C=O) groups is 1. The third-order valence-corrected chi connectivity index (χ3v) is 5.49. The van der Waals surface area contributed by atoms with E-state index in [1.165, 1.54) is 11.3 Å². The highest BCUT2D eigenvalue weighted by Crippen LogP contribution is 2.15. The summed E-state index contributed by atoms with van der Waals surface area (Å²) in [4.78, 5) is 16.5. The number of hydrogen-bond acceptors (Lipinski definition) is 3. The van der Waals surface area contributed by atoms with Crippen LogP contribution in [0.2, 0.25) is 0 Å². The molecule has 0 aliphatic heterocycles. The number of rotatable bonds is 8. The molecule has 0 saturated heterocycles. The smallest absolute Gasteiger partial charge is 0.227 e. The quantitative estimate of drug-likeness (QED) is 0.269. The van der Waals surface area contributed by atoms with E-state index >= 15 is 0 Å². The molecule has 2 atom stereocenters. The van der Waals surface area contributed by atoms with Crippen LogP contribution in [0.15, 0.2) is 29.3 Å². The Morgan fingerprint density at radius 1 is 1.26 bits per heavy atom. The number of anilines is 1. The number of amides is 1. The van der Waals surface area contributed by atoms with Gasteiger partial charge in [-0.25, -0.2) is 0 Å². The van der Waals surface area contributed by atoms with Gasteiger partial charge in [0.2, 0.25) is 5.91 Å². The summed E-state index contributed by atoms with van der Waals surface area (Å²) in [6.45, 7) is 10.9. The summed E-state index contributed by atoms with van der Waals surface area (Å²) in [6.07, 6.45) is 1.70. The molecule has 0 aliphatic carbocycles. The Hall–Kier alpha value is -2.10. The highest BCUT2D eigenvalue weighted by Gasteiger charge is 2.14. The molecule has 7 nitrogen and oxygen atoms in total. The van der Waals surface area contributed by atoms with Crippen LogP contribution in [0.1, 0.15) is 49.7 Å². The molecule has 0 spiro atoms. The molecule has 2 unspecified atom stereocenters. The third kappa shape index (κ3) is 7.83. The Labute approximate surface area is 203 Å². The summed E-state index contributed by atoms with van der Waals surface area (Å²) in [5.41, 5.74) is 5.44. The summed E-state index contributed by atoms with van der Waals surface area (Å²) in [6, 6.07) is 8.10. The van der Waals surface area contributed by atoms with Gasteiger partial charge in [-0.15, -0.1) is 24.0 Å². The number of halogens is 1. The molecule has 1 aromatic heterocycles. The summed E-state index contributed by atoms with van der Waals surface area (Å²) in [7, 11) is 3.75.